The van der Waals surface area contributed by atoms with Crippen LogP contribution in [0, 0.1) is 6.92 Å². The summed E-state index contributed by atoms with van der Waals surface area (Å²) < 4.78 is 5.18. The summed E-state index contributed by atoms with van der Waals surface area (Å²) >= 11 is 0. The topological polar surface area (TPSA) is 76.1 Å². The highest BCUT2D eigenvalue weighted by Crippen LogP contribution is 2.20. The number of amides is 1. The maximum Gasteiger partial charge on any atom is 0.276 e. The number of anilines is 3. The average molecular weight is 334 g/mol. The van der Waals surface area contributed by atoms with Crippen molar-refractivity contribution in [3.63, 3.8) is 0 Å². The van der Waals surface area contributed by atoms with Crippen molar-refractivity contribution in [1.29, 1.82) is 0 Å². The second-order valence-electron chi connectivity index (χ2n) is 5.48. The third-order valence-corrected chi connectivity index (χ3v) is 3.55. The summed E-state index contributed by atoms with van der Waals surface area (Å²) in [6.45, 7) is 1.99. The Morgan fingerprint density at radius 2 is 1.76 bits per heavy atom. The molecule has 1 heterocycles. The summed E-state index contributed by atoms with van der Waals surface area (Å²) in [6.07, 6.45) is 0. The molecule has 0 spiro atoms. The van der Waals surface area contributed by atoms with Crippen LogP contribution < -0.4 is 15.4 Å². The number of methoxy groups -OCH3 is 1. The van der Waals surface area contributed by atoms with Gasteiger partial charge in [-0.2, -0.15) is 0 Å². The summed E-state index contributed by atoms with van der Waals surface area (Å²) in [4.78, 5) is 12.2. The molecule has 0 aliphatic carbocycles. The van der Waals surface area contributed by atoms with Crippen molar-refractivity contribution in [3.8, 4) is 5.75 Å². The van der Waals surface area contributed by atoms with Gasteiger partial charge in [-0.25, -0.2) is 0 Å². The summed E-state index contributed by atoms with van der Waals surface area (Å²) in [5.41, 5.74) is 2.92. The molecule has 1 amide bonds. The molecule has 1 aromatic heterocycles. The molecule has 0 bridgehead atoms. The van der Waals surface area contributed by atoms with Gasteiger partial charge in [-0.3, -0.25) is 4.79 Å². The standard InChI is InChI=1S/C19H18N4O2/c1-13-6-8-14(9-7-13)21-19(24)17-10-11-18(23-22-17)20-15-4-3-5-16(12-15)25-2/h3-12H,1-2H3,(H,20,23)(H,21,24). The van der Waals surface area contributed by atoms with Crippen molar-refractivity contribution in [2.45, 2.75) is 6.92 Å². The van der Waals surface area contributed by atoms with Crippen LogP contribution in [0.15, 0.2) is 60.7 Å². The molecule has 0 fully saturated rings. The largest absolute Gasteiger partial charge is 0.497 e. The van der Waals surface area contributed by atoms with Gasteiger partial charge in [0.05, 0.1) is 7.11 Å². The maximum absolute atomic E-state index is 12.2. The first kappa shape index (κ1) is 16.4. The van der Waals surface area contributed by atoms with E-state index in [0.29, 0.717) is 5.82 Å². The van der Waals surface area contributed by atoms with Gasteiger partial charge in [-0.15, -0.1) is 10.2 Å². The van der Waals surface area contributed by atoms with Crippen molar-refractivity contribution >= 4 is 23.1 Å². The second-order valence-corrected chi connectivity index (χ2v) is 5.48. The third kappa shape index (κ3) is 4.32. The van der Waals surface area contributed by atoms with E-state index in [1.54, 1.807) is 19.2 Å². The highest BCUT2D eigenvalue weighted by Gasteiger charge is 2.09. The molecular formula is C19H18N4O2. The van der Waals surface area contributed by atoms with Gasteiger partial charge in [-0.1, -0.05) is 23.8 Å². The fourth-order valence-electron chi connectivity index (χ4n) is 2.20. The average Bonchev–Trinajstić information content (AvgIpc) is 2.64. The second kappa shape index (κ2) is 7.44. The predicted octanol–water partition coefficient (Wildman–Crippen LogP) is 3.79. The highest BCUT2D eigenvalue weighted by molar-refractivity contribution is 6.02. The van der Waals surface area contributed by atoms with Gasteiger partial charge >= 0.3 is 0 Å². The Labute approximate surface area is 145 Å². The van der Waals surface area contributed by atoms with Gasteiger partial charge in [0.2, 0.25) is 0 Å². The number of hydrogen-bond donors (Lipinski definition) is 2. The van der Waals surface area contributed by atoms with Crippen molar-refractivity contribution in [3.05, 3.63) is 71.9 Å². The number of ether oxygens (including phenoxy) is 1. The van der Waals surface area contributed by atoms with Crippen molar-refractivity contribution < 1.29 is 9.53 Å². The molecule has 0 unspecified atom stereocenters. The van der Waals surface area contributed by atoms with Crippen LogP contribution in [0.3, 0.4) is 0 Å². The van der Waals surface area contributed by atoms with E-state index in [4.69, 9.17) is 4.74 Å². The van der Waals surface area contributed by atoms with Gasteiger partial charge in [0.15, 0.2) is 11.5 Å². The molecule has 0 radical (unpaired) electrons. The van der Waals surface area contributed by atoms with E-state index in [2.05, 4.69) is 20.8 Å². The molecule has 0 saturated heterocycles. The van der Waals surface area contributed by atoms with Crippen LogP contribution in [-0.4, -0.2) is 23.2 Å². The lowest BCUT2D eigenvalue weighted by atomic mass is 10.2. The number of rotatable bonds is 5. The van der Waals surface area contributed by atoms with Crippen LogP contribution in [-0.2, 0) is 0 Å². The molecule has 2 aromatic carbocycles. The minimum atomic E-state index is -0.302. The van der Waals surface area contributed by atoms with Crippen molar-refractivity contribution in [2.24, 2.45) is 0 Å². The Hall–Kier alpha value is -3.41. The number of aryl methyl sites for hydroxylation is 1. The van der Waals surface area contributed by atoms with E-state index in [-0.39, 0.29) is 11.6 Å². The molecule has 0 aliphatic heterocycles. The minimum Gasteiger partial charge on any atom is -0.497 e. The number of carbonyl (C=O) groups is 1. The Kier molecular flexibility index (Phi) is 4.89. The van der Waals surface area contributed by atoms with Gasteiger partial charge < -0.3 is 15.4 Å². The number of carbonyl (C=O) groups excluding carboxylic acids is 1. The van der Waals surface area contributed by atoms with E-state index in [9.17, 15) is 4.79 Å². The SMILES string of the molecule is COc1cccc(Nc2ccc(C(=O)Nc3ccc(C)cc3)nn2)c1. The zero-order chi connectivity index (χ0) is 17.6. The van der Waals surface area contributed by atoms with Crippen LogP contribution in [0.5, 0.6) is 5.75 Å². The van der Waals surface area contributed by atoms with Crippen molar-refractivity contribution in [1.82, 2.24) is 10.2 Å². The van der Waals surface area contributed by atoms with E-state index < -0.39 is 0 Å². The Balaban J connectivity index is 1.66. The molecule has 0 atom stereocenters. The third-order valence-electron chi connectivity index (χ3n) is 3.55. The van der Waals surface area contributed by atoms with Gasteiger partial charge in [-0.05, 0) is 43.3 Å². The molecule has 3 aromatic rings. The number of benzene rings is 2. The molecule has 126 valence electrons. The van der Waals surface area contributed by atoms with Crippen LogP contribution in [0.25, 0.3) is 0 Å². The summed E-state index contributed by atoms with van der Waals surface area (Å²) in [7, 11) is 1.61. The smallest absolute Gasteiger partial charge is 0.276 e. The molecule has 0 saturated carbocycles. The Bertz CT molecular complexity index is 861. The van der Waals surface area contributed by atoms with E-state index in [1.807, 2.05) is 55.5 Å². The monoisotopic (exact) mass is 334 g/mol. The summed E-state index contributed by atoms with van der Waals surface area (Å²) in [6, 6.07) is 18.4. The van der Waals surface area contributed by atoms with E-state index >= 15 is 0 Å². The summed E-state index contributed by atoms with van der Waals surface area (Å²) in [5.74, 6) is 0.983. The van der Waals surface area contributed by atoms with Crippen molar-refractivity contribution in [2.75, 3.05) is 17.7 Å². The van der Waals surface area contributed by atoms with Crippen LogP contribution in [0.2, 0.25) is 0 Å². The molecule has 25 heavy (non-hydrogen) atoms. The first-order valence-corrected chi connectivity index (χ1v) is 7.77. The van der Waals surface area contributed by atoms with Gasteiger partial charge in [0.1, 0.15) is 5.75 Å². The molecule has 6 heteroatoms. The first-order valence-electron chi connectivity index (χ1n) is 7.77. The van der Waals surface area contributed by atoms with Crippen LogP contribution in [0.4, 0.5) is 17.2 Å². The van der Waals surface area contributed by atoms with Crippen LogP contribution in [0.1, 0.15) is 16.1 Å². The predicted molar refractivity (Wildman–Crippen MR) is 97.4 cm³/mol. The molecule has 2 N–H and O–H groups in total. The van der Waals surface area contributed by atoms with Gasteiger partial charge in [0.25, 0.3) is 5.91 Å². The van der Waals surface area contributed by atoms with E-state index in [0.717, 1.165) is 22.7 Å². The number of nitrogens with zero attached hydrogens (tertiary/aromatic N) is 2. The minimum absolute atomic E-state index is 0.247. The molecular weight excluding hydrogens is 316 g/mol. The zero-order valence-corrected chi connectivity index (χ0v) is 14.0. The fraction of sp³-hybridized carbons (Fsp3) is 0.105. The molecule has 0 aliphatic rings. The lowest BCUT2D eigenvalue weighted by Gasteiger charge is -2.08. The lowest BCUT2D eigenvalue weighted by molar-refractivity contribution is 0.102. The zero-order valence-electron chi connectivity index (χ0n) is 14.0. The number of nitrogens with one attached hydrogen (secondary N) is 2. The Morgan fingerprint density at radius 3 is 2.44 bits per heavy atom. The molecule has 6 nitrogen and oxygen atoms in total. The highest BCUT2D eigenvalue weighted by atomic mass is 16.5. The van der Waals surface area contributed by atoms with Crippen LogP contribution >= 0.6 is 0 Å². The summed E-state index contributed by atoms with van der Waals surface area (Å²) in [5, 5.41) is 13.9. The lowest BCUT2D eigenvalue weighted by Crippen LogP contribution is -2.14. The maximum atomic E-state index is 12.2. The normalized spacial score (nSPS) is 10.2. The van der Waals surface area contributed by atoms with Gasteiger partial charge in [0, 0.05) is 17.4 Å². The fourth-order valence-corrected chi connectivity index (χ4v) is 2.20. The number of hydrogen-bond acceptors (Lipinski definition) is 5. The quantitative estimate of drug-likeness (QED) is 0.742. The number of aromatic nitrogens is 2. The van der Waals surface area contributed by atoms with E-state index in [1.165, 1.54) is 0 Å². The first-order chi connectivity index (χ1) is 12.1. The Morgan fingerprint density at radius 1 is 0.960 bits per heavy atom. The molecule has 3 rings (SSSR count).